The molecule has 0 bridgehead atoms. The van der Waals surface area contributed by atoms with Gasteiger partial charge in [0.2, 0.25) is 0 Å². The van der Waals surface area contributed by atoms with Crippen molar-refractivity contribution >= 4 is 26.8 Å². The van der Waals surface area contributed by atoms with E-state index in [4.69, 9.17) is 0 Å². The summed E-state index contributed by atoms with van der Waals surface area (Å²) in [4.78, 5) is 6.00. The van der Waals surface area contributed by atoms with Crippen molar-refractivity contribution in [2.24, 2.45) is 0 Å². The summed E-state index contributed by atoms with van der Waals surface area (Å²) in [5.41, 5.74) is 5.29. The number of nitrogens with one attached hydrogen (secondary N) is 1. The van der Waals surface area contributed by atoms with Crippen LogP contribution in [-0.4, -0.2) is 16.4 Å². The van der Waals surface area contributed by atoms with Crippen LogP contribution in [0.25, 0.3) is 10.9 Å². The largest absolute Gasteiger partial charge is 0.361 e. The van der Waals surface area contributed by atoms with E-state index in [1.54, 1.807) is 0 Å². The highest BCUT2D eigenvalue weighted by Crippen LogP contribution is 2.35. The Morgan fingerprint density at radius 2 is 1.96 bits per heavy atom. The predicted molar refractivity (Wildman–Crippen MR) is 104 cm³/mol. The normalized spacial score (nSPS) is 18.3. The molecule has 0 amide bonds. The predicted octanol–water partition coefficient (Wildman–Crippen LogP) is 5.74. The average Bonchev–Trinajstić information content (AvgIpc) is 3.00. The molecule has 0 fully saturated rings. The molecule has 0 radical (unpaired) electrons. The van der Waals surface area contributed by atoms with E-state index in [2.05, 4.69) is 93.6 Å². The number of halogens is 1. The molecule has 3 aromatic rings. The fourth-order valence-electron chi connectivity index (χ4n) is 3.53. The Kier molecular flexibility index (Phi) is 4.30. The molecule has 1 aliphatic rings. The minimum Gasteiger partial charge on any atom is -0.361 e. The van der Waals surface area contributed by atoms with Gasteiger partial charge in [-0.15, -0.1) is 0 Å². The fourth-order valence-corrected chi connectivity index (χ4v) is 3.89. The molecule has 1 aromatic heterocycles. The van der Waals surface area contributed by atoms with Gasteiger partial charge in [-0.3, -0.25) is 4.90 Å². The van der Waals surface area contributed by atoms with Gasteiger partial charge in [0.1, 0.15) is 0 Å². The quantitative estimate of drug-likeness (QED) is 0.573. The van der Waals surface area contributed by atoms with Gasteiger partial charge in [0.15, 0.2) is 0 Å². The van der Waals surface area contributed by atoms with Crippen LogP contribution in [-0.2, 0) is 6.54 Å². The molecule has 1 aliphatic heterocycles. The zero-order valence-electron chi connectivity index (χ0n) is 13.8. The lowest BCUT2D eigenvalue weighted by atomic mass is 9.97. The number of H-pyrrole nitrogens is 1. The maximum Gasteiger partial charge on any atom is 0.0458 e. The number of hydrogen-bond donors (Lipinski definition) is 1. The number of benzene rings is 2. The summed E-state index contributed by atoms with van der Waals surface area (Å²) >= 11 is 3.61. The van der Waals surface area contributed by atoms with Crippen molar-refractivity contribution in [2.75, 3.05) is 6.54 Å². The summed E-state index contributed by atoms with van der Waals surface area (Å²) < 4.78 is 1.13. The highest BCUT2D eigenvalue weighted by molar-refractivity contribution is 9.10. The number of fused-ring (bicyclic) bond motifs is 1. The van der Waals surface area contributed by atoms with E-state index in [1.807, 2.05) is 0 Å². The Morgan fingerprint density at radius 3 is 2.79 bits per heavy atom. The van der Waals surface area contributed by atoms with Crippen LogP contribution in [0.3, 0.4) is 0 Å². The summed E-state index contributed by atoms with van der Waals surface area (Å²) in [7, 11) is 0. The minimum absolute atomic E-state index is 0.416. The first-order valence-electron chi connectivity index (χ1n) is 8.42. The van der Waals surface area contributed by atoms with Crippen LogP contribution in [0, 0.1) is 6.92 Å². The van der Waals surface area contributed by atoms with Crippen molar-refractivity contribution in [2.45, 2.75) is 25.9 Å². The number of aromatic amines is 1. The van der Waals surface area contributed by atoms with Gasteiger partial charge in [-0.05, 0) is 42.7 Å². The highest BCUT2D eigenvalue weighted by Gasteiger charge is 2.24. The Bertz CT molecular complexity index is 876. The van der Waals surface area contributed by atoms with E-state index in [9.17, 15) is 0 Å². The molecule has 0 spiro atoms. The van der Waals surface area contributed by atoms with Crippen molar-refractivity contribution < 1.29 is 0 Å². The van der Waals surface area contributed by atoms with Crippen molar-refractivity contribution in [3.63, 3.8) is 0 Å². The summed E-state index contributed by atoms with van der Waals surface area (Å²) in [5, 5.41) is 1.32. The molecule has 1 N–H and O–H groups in total. The molecule has 0 aliphatic carbocycles. The second-order valence-electron chi connectivity index (χ2n) is 6.57. The van der Waals surface area contributed by atoms with Crippen molar-refractivity contribution in [1.82, 2.24) is 9.88 Å². The molecule has 2 aromatic carbocycles. The maximum absolute atomic E-state index is 3.61. The van der Waals surface area contributed by atoms with E-state index < -0.39 is 0 Å². The zero-order chi connectivity index (χ0) is 16.5. The van der Waals surface area contributed by atoms with E-state index in [0.29, 0.717) is 6.04 Å². The molecule has 24 heavy (non-hydrogen) atoms. The van der Waals surface area contributed by atoms with Gasteiger partial charge in [-0.2, -0.15) is 0 Å². The Balaban J connectivity index is 1.67. The van der Waals surface area contributed by atoms with Crippen LogP contribution in [0.4, 0.5) is 0 Å². The van der Waals surface area contributed by atoms with Crippen molar-refractivity contribution in [3.8, 4) is 0 Å². The number of nitrogens with zero attached hydrogens (tertiary/aromatic N) is 1. The number of aromatic nitrogens is 1. The smallest absolute Gasteiger partial charge is 0.0458 e. The van der Waals surface area contributed by atoms with Gasteiger partial charge in [0.05, 0.1) is 0 Å². The summed E-state index contributed by atoms with van der Waals surface area (Å²) in [6, 6.07) is 15.8. The zero-order valence-corrected chi connectivity index (χ0v) is 15.4. The Hall–Kier alpha value is -1.84. The molecule has 0 saturated heterocycles. The molecule has 2 nitrogen and oxygen atoms in total. The summed E-state index contributed by atoms with van der Waals surface area (Å²) in [6.45, 7) is 4.12. The average molecular weight is 381 g/mol. The van der Waals surface area contributed by atoms with Gasteiger partial charge in [-0.1, -0.05) is 57.9 Å². The first-order chi connectivity index (χ1) is 11.7. The molecule has 1 unspecified atom stereocenters. The fraction of sp³-hybridized carbons (Fsp3) is 0.238. The second-order valence-corrected chi connectivity index (χ2v) is 7.49. The van der Waals surface area contributed by atoms with Crippen molar-refractivity contribution in [3.05, 3.63) is 82.0 Å². The molecule has 3 heteroatoms. The highest BCUT2D eigenvalue weighted by atomic mass is 79.9. The Morgan fingerprint density at radius 1 is 1.12 bits per heavy atom. The van der Waals surface area contributed by atoms with E-state index in [-0.39, 0.29) is 0 Å². The maximum atomic E-state index is 3.61. The van der Waals surface area contributed by atoms with E-state index >= 15 is 0 Å². The molecule has 0 saturated carbocycles. The molecule has 4 rings (SSSR count). The number of aryl methyl sites for hydroxylation is 1. The van der Waals surface area contributed by atoms with Crippen molar-refractivity contribution in [1.29, 1.82) is 0 Å². The molecular weight excluding hydrogens is 360 g/mol. The number of rotatable bonds is 3. The van der Waals surface area contributed by atoms with E-state index in [0.717, 1.165) is 24.0 Å². The molecule has 2 heterocycles. The van der Waals surface area contributed by atoms with Crippen LogP contribution in [0.2, 0.25) is 0 Å². The van der Waals surface area contributed by atoms with Crippen LogP contribution in [0.5, 0.6) is 0 Å². The first-order valence-corrected chi connectivity index (χ1v) is 9.21. The van der Waals surface area contributed by atoms with Crippen LogP contribution in [0.1, 0.15) is 29.2 Å². The summed E-state index contributed by atoms with van der Waals surface area (Å²) in [5.74, 6) is 0. The van der Waals surface area contributed by atoms with Crippen LogP contribution in [0.15, 0.2) is 65.3 Å². The Labute approximate surface area is 151 Å². The third kappa shape index (κ3) is 3.06. The van der Waals surface area contributed by atoms with Gasteiger partial charge in [-0.25, -0.2) is 0 Å². The minimum atomic E-state index is 0.416. The van der Waals surface area contributed by atoms with Crippen LogP contribution < -0.4 is 0 Å². The molecular formula is C21H21BrN2. The third-order valence-electron chi connectivity index (χ3n) is 4.85. The summed E-state index contributed by atoms with van der Waals surface area (Å²) in [6.07, 6.45) is 7.84. The van der Waals surface area contributed by atoms with Gasteiger partial charge in [0, 0.05) is 40.7 Å². The lowest BCUT2D eigenvalue weighted by Gasteiger charge is -2.33. The van der Waals surface area contributed by atoms with Crippen LogP contribution >= 0.6 is 15.9 Å². The molecule has 122 valence electrons. The monoisotopic (exact) mass is 380 g/mol. The first kappa shape index (κ1) is 15.7. The van der Waals surface area contributed by atoms with Gasteiger partial charge in [0.25, 0.3) is 0 Å². The van der Waals surface area contributed by atoms with E-state index in [1.165, 1.54) is 27.6 Å². The third-order valence-corrected chi connectivity index (χ3v) is 5.34. The lowest BCUT2D eigenvalue weighted by Crippen LogP contribution is -2.30. The van der Waals surface area contributed by atoms with Gasteiger partial charge < -0.3 is 4.98 Å². The second kappa shape index (κ2) is 6.58. The standard InChI is InChI=1S/C21H21BrN2/c1-15-5-7-16(8-6-15)14-24-11-3-2-4-21(24)19-13-23-20-10-9-17(22)12-18(19)20/h2-3,5-10,12-13,21,23H,4,11,14H2,1H3. The molecule has 1 atom stereocenters. The SMILES string of the molecule is Cc1ccc(CN2CC=CCC2c2c[nH]c3ccc(Br)cc23)cc1. The lowest BCUT2D eigenvalue weighted by molar-refractivity contribution is 0.203. The topological polar surface area (TPSA) is 19.0 Å². The number of hydrogen-bond acceptors (Lipinski definition) is 1. The van der Waals surface area contributed by atoms with Gasteiger partial charge >= 0.3 is 0 Å².